The quantitative estimate of drug-likeness (QED) is 0.375. The molecule has 4 saturated carbocycles. The van der Waals surface area contributed by atoms with E-state index in [1.165, 1.54) is 6.42 Å². The zero-order valence-electron chi connectivity index (χ0n) is 9.21. The van der Waals surface area contributed by atoms with E-state index in [1.54, 1.807) is 0 Å². The molecule has 0 aromatic heterocycles. The molecule has 4 aliphatic carbocycles. The summed E-state index contributed by atoms with van der Waals surface area (Å²) in [5.74, 6) is 0.975. The molecule has 14 heavy (non-hydrogen) atoms. The van der Waals surface area contributed by atoms with Gasteiger partial charge in [0.05, 0.1) is 0 Å². The van der Waals surface area contributed by atoms with Crippen LogP contribution in [0.5, 0.6) is 0 Å². The maximum absolute atomic E-state index is 12.0. The van der Waals surface area contributed by atoms with Gasteiger partial charge in [-0.2, -0.15) is 0 Å². The van der Waals surface area contributed by atoms with E-state index in [0.717, 1.165) is 25.7 Å². The molecule has 2 nitrogen and oxygen atoms in total. The third-order valence-electron chi connectivity index (χ3n) is 3.95. The second kappa shape index (κ2) is 4.30. The van der Waals surface area contributed by atoms with E-state index in [9.17, 15) is 10.2 Å². The fraction of sp³-hybridized carbons (Fsp3) is 1.00. The summed E-state index contributed by atoms with van der Waals surface area (Å²) in [6.45, 7) is 0. The van der Waals surface area contributed by atoms with Crippen LogP contribution in [0.4, 0.5) is 0 Å². The molecule has 0 aliphatic heterocycles. The van der Waals surface area contributed by atoms with Crippen molar-refractivity contribution in [3.05, 3.63) is 0 Å². The van der Waals surface area contributed by atoms with Gasteiger partial charge in [-0.1, -0.05) is 32.1 Å². The molecule has 68 valence electrons. The van der Waals surface area contributed by atoms with E-state index in [2.05, 4.69) is 0 Å². The van der Waals surface area contributed by atoms with Crippen molar-refractivity contribution in [2.45, 2.75) is 49.7 Å². The maximum atomic E-state index is 12.0. The summed E-state index contributed by atoms with van der Waals surface area (Å²) in [6, 6.07) is 0. The first-order valence-corrected chi connectivity index (χ1v) is 4.98. The molecule has 0 spiro atoms. The zero-order valence-corrected chi connectivity index (χ0v) is 13.2. The maximum Gasteiger partial charge on any atom is 1.00 e. The van der Waals surface area contributed by atoms with Crippen molar-refractivity contribution < 1.29 is 69.3 Å². The van der Waals surface area contributed by atoms with E-state index >= 15 is 0 Å². The van der Waals surface area contributed by atoms with Crippen LogP contribution in [-0.2, 0) is 0 Å². The van der Waals surface area contributed by atoms with Crippen LogP contribution in [0.25, 0.3) is 0 Å². The van der Waals surface area contributed by atoms with Crippen LogP contribution in [0, 0.1) is 11.8 Å². The van der Waals surface area contributed by atoms with Crippen LogP contribution in [0.15, 0.2) is 0 Å². The Hall–Kier alpha value is 1.92. The van der Waals surface area contributed by atoms with Gasteiger partial charge in [-0.3, -0.25) is 0 Å². The predicted molar refractivity (Wildman–Crippen MR) is 40.1 cm³/mol. The average Bonchev–Trinajstić information content (AvgIpc) is 1.75. The molecule has 0 aromatic rings. The monoisotopic (exact) mass is 212 g/mol. The van der Waals surface area contributed by atoms with Crippen molar-refractivity contribution in [2.24, 2.45) is 11.8 Å². The van der Waals surface area contributed by atoms with Crippen LogP contribution >= 0.6 is 0 Å². The van der Waals surface area contributed by atoms with Gasteiger partial charge in [-0.05, 0) is 18.3 Å². The van der Waals surface area contributed by atoms with Gasteiger partial charge < -0.3 is 10.2 Å². The van der Waals surface area contributed by atoms with Crippen LogP contribution in [0.2, 0.25) is 0 Å². The van der Waals surface area contributed by atoms with Crippen LogP contribution in [-0.4, -0.2) is 11.2 Å². The fourth-order valence-electron chi connectivity index (χ4n) is 4.10. The van der Waals surface area contributed by atoms with Crippen molar-refractivity contribution in [1.29, 1.82) is 0 Å². The molecule has 0 unspecified atom stereocenters. The van der Waals surface area contributed by atoms with E-state index in [1.807, 2.05) is 0 Å². The summed E-state index contributed by atoms with van der Waals surface area (Å²) in [6.07, 6.45) is 4.79. The number of rotatable bonds is 0. The van der Waals surface area contributed by atoms with E-state index < -0.39 is 11.2 Å². The summed E-state index contributed by atoms with van der Waals surface area (Å²) in [4.78, 5) is 0. The third-order valence-corrected chi connectivity index (χ3v) is 3.95. The minimum Gasteiger partial charge on any atom is -0.849 e. The normalized spacial score (nSPS) is 53.6. The Labute approximate surface area is 129 Å². The first kappa shape index (κ1) is 14.0. The molecule has 0 N–H and O–H groups in total. The Morgan fingerprint density at radius 2 is 1.14 bits per heavy atom. The van der Waals surface area contributed by atoms with Gasteiger partial charge in [0.1, 0.15) is 0 Å². The molecular weight excluding hydrogens is 198 g/mol. The van der Waals surface area contributed by atoms with E-state index in [4.69, 9.17) is 0 Å². The zero-order chi connectivity index (χ0) is 8.40. The van der Waals surface area contributed by atoms with Crippen LogP contribution in [0.1, 0.15) is 38.5 Å². The van der Waals surface area contributed by atoms with Gasteiger partial charge in [0, 0.05) is 0 Å². The summed E-state index contributed by atoms with van der Waals surface area (Å²) >= 11 is 0. The Morgan fingerprint density at radius 1 is 0.786 bits per heavy atom. The SMILES string of the molecule is [Na+].[Na+].[O-]C12CC3CC(C1)CC([O-])(C3)C2. The molecule has 4 rings (SSSR count). The van der Waals surface area contributed by atoms with Crippen molar-refractivity contribution >= 4 is 0 Å². The van der Waals surface area contributed by atoms with Gasteiger partial charge in [-0.15, -0.1) is 11.2 Å². The Bertz CT molecular complexity index is 198. The molecule has 4 heteroatoms. The molecule has 0 atom stereocenters. The summed E-state index contributed by atoms with van der Waals surface area (Å²) in [7, 11) is 0. The minimum atomic E-state index is -0.800. The third kappa shape index (κ3) is 2.28. The molecule has 0 radical (unpaired) electrons. The summed E-state index contributed by atoms with van der Waals surface area (Å²) in [5.41, 5.74) is -1.60. The van der Waals surface area contributed by atoms with Crippen LogP contribution < -0.4 is 69.3 Å². The second-order valence-electron chi connectivity index (χ2n) is 5.33. The van der Waals surface area contributed by atoms with Crippen molar-refractivity contribution in [3.63, 3.8) is 0 Å². The topological polar surface area (TPSA) is 46.1 Å². The van der Waals surface area contributed by atoms with Crippen LogP contribution in [0.3, 0.4) is 0 Å². The predicted octanol–water partition coefficient (Wildman–Crippen LogP) is -6.19. The number of hydrogen-bond acceptors (Lipinski definition) is 2. The summed E-state index contributed by atoms with van der Waals surface area (Å²) in [5, 5.41) is 24.0. The largest absolute Gasteiger partial charge is 1.00 e. The van der Waals surface area contributed by atoms with Crippen molar-refractivity contribution in [2.75, 3.05) is 0 Å². The smallest absolute Gasteiger partial charge is 0.849 e. The molecule has 0 amide bonds. The Morgan fingerprint density at radius 3 is 1.43 bits per heavy atom. The average molecular weight is 212 g/mol. The first-order valence-electron chi connectivity index (χ1n) is 4.98. The fourth-order valence-corrected chi connectivity index (χ4v) is 4.10. The molecule has 0 saturated heterocycles. The molecule has 0 heterocycles. The van der Waals surface area contributed by atoms with Gasteiger partial charge in [0.15, 0.2) is 0 Å². The standard InChI is InChI=1S/C10H14O2.2Na/c11-9-2-7-1-8(4-9)5-10(12,3-7)6-9;;/h7-8H,1-6H2;;/q-2;2*+1. The molecule has 0 aromatic carbocycles. The van der Waals surface area contributed by atoms with Gasteiger partial charge >= 0.3 is 59.1 Å². The molecule has 4 aliphatic rings. The van der Waals surface area contributed by atoms with Crippen molar-refractivity contribution in [3.8, 4) is 0 Å². The minimum absolute atomic E-state index is 0. The Kier molecular flexibility index (Phi) is 4.30. The van der Waals surface area contributed by atoms with Gasteiger partial charge in [-0.25, -0.2) is 0 Å². The molecular formula is C10H14Na2O2. The van der Waals surface area contributed by atoms with Gasteiger partial charge in [0.25, 0.3) is 0 Å². The molecule has 4 bridgehead atoms. The van der Waals surface area contributed by atoms with E-state index in [-0.39, 0.29) is 59.1 Å². The van der Waals surface area contributed by atoms with E-state index in [0.29, 0.717) is 18.3 Å². The van der Waals surface area contributed by atoms with Gasteiger partial charge in [0.2, 0.25) is 0 Å². The Balaban J connectivity index is 0.000000490. The molecule has 4 fully saturated rings. The number of hydrogen-bond donors (Lipinski definition) is 0. The second-order valence-corrected chi connectivity index (χ2v) is 5.33. The first-order chi connectivity index (χ1) is 5.57. The van der Waals surface area contributed by atoms with Crippen molar-refractivity contribution in [1.82, 2.24) is 0 Å². The summed E-state index contributed by atoms with van der Waals surface area (Å²) < 4.78 is 0.